The minimum atomic E-state index is -1.55. The Labute approximate surface area is 151 Å². The van der Waals surface area contributed by atoms with Gasteiger partial charge < -0.3 is 9.47 Å². The summed E-state index contributed by atoms with van der Waals surface area (Å²) in [5.41, 5.74) is 4.18. The van der Waals surface area contributed by atoms with Crippen molar-refractivity contribution in [1.29, 1.82) is 0 Å². The molecule has 136 valence electrons. The molecule has 0 fully saturated rings. The highest BCUT2D eigenvalue weighted by molar-refractivity contribution is 6.81. The quantitative estimate of drug-likeness (QED) is 0.452. The van der Waals surface area contributed by atoms with Gasteiger partial charge in [-0.3, -0.25) is 9.59 Å². The molecule has 0 heterocycles. The van der Waals surface area contributed by atoms with Gasteiger partial charge in [0.15, 0.2) is 5.41 Å². The van der Waals surface area contributed by atoms with Gasteiger partial charge in [-0.2, -0.15) is 0 Å². The van der Waals surface area contributed by atoms with E-state index in [4.69, 9.17) is 9.47 Å². The zero-order chi connectivity index (χ0) is 18.7. The molecule has 0 unspecified atom stereocenters. The largest absolute Gasteiger partial charge is 0.465 e. The Balaban J connectivity index is 2.61. The number of benzene rings is 1. The third kappa shape index (κ3) is 4.21. The zero-order valence-electron chi connectivity index (χ0n) is 15.8. The van der Waals surface area contributed by atoms with E-state index >= 15 is 0 Å². The average molecular weight is 361 g/mol. The van der Waals surface area contributed by atoms with E-state index in [-0.39, 0.29) is 13.2 Å². The molecule has 1 aliphatic rings. The van der Waals surface area contributed by atoms with Crippen LogP contribution < -0.4 is 0 Å². The predicted molar refractivity (Wildman–Crippen MR) is 102 cm³/mol. The van der Waals surface area contributed by atoms with E-state index in [0.717, 1.165) is 16.7 Å². The van der Waals surface area contributed by atoms with E-state index in [0.29, 0.717) is 12.8 Å². The number of hydrogen-bond acceptors (Lipinski definition) is 4. The molecule has 25 heavy (non-hydrogen) atoms. The molecule has 0 radical (unpaired) electrons. The van der Waals surface area contributed by atoms with E-state index in [2.05, 4.69) is 31.4 Å². The van der Waals surface area contributed by atoms with Crippen molar-refractivity contribution in [2.75, 3.05) is 13.2 Å². The van der Waals surface area contributed by atoms with Crippen LogP contribution in [0.3, 0.4) is 0 Å². The van der Waals surface area contributed by atoms with Crippen LogP contribution in [0.2, 0.25) is 19.6 Å². The van der Waals surface area contributed by atoms with Crippen molar-refractivity contribution in [3.63, 3.8) is 0 Å². The Hall–Kier alpha value is -1.88. The van der Waals surface area contributed by atoms with E-state index in [1.807, 2.05) is 18.2 Å². The second kappa shape index (κ2) is 7.56. The van der Waals surface area contributed by atoms with Gasteiger partial charge in [-0.05, 0) is 37.0 Å². The van der Waals surface area contributed by atoms with E-state index < -0.39 is 25.4 Å². The van der Waals surface area contributed by atoms with Crippen molar-refractivity contribution in [2.45, 2.75) is 46.3 Å². The van der Waals surface area contributed by atoms with Crippen molar-refractivity contribution in [3.8, 4) is 0 Å². The number of esters is 2. The van der Waals surface area contributed by atoms with Gasteiger partial charge in [-0.25, -0.2) is 0 Å². The Morgan fingerprint density at radius 1 is 1.04 bits per heavy atom. The Bertz CT molecular complexity index is 667. The lowest BCUT2D eigenvalue weighted by Gasteiger charge is -2.36. The number of carbonyl (C=O) groups is 2. The monoisotopic (exact) mass is 360 g/mol. The first-order valence-corrected chi connectivity index (χ1v) is 12.5. The summed E-state index contributed by atoms with van der Waals surface area (Å²) in [6.45, 7) is 10.7. The molecule has 4 nitrogen and oxygen atoms in total. The molecule has 0 bridgehead atoms. The first-order chi connectivity index (χ1) is 11.7. The zero-order valence-corrected chi connectivity index (χ0v) is 16.8. The highest BCUT2D eigenvalue weighted by Crippen LogP contribution is 2.44. The Kier molecular flexibility index (Phi) is 5.88. The summed E-state index contributed by atoms with van der Waals surface area (Å²) >= 11 is 0. The van der Waals surface area contributed by atoms with Gasteiger partial charge in [0, 0.05) is 6.42 Å². The average Bonchev–Trinajstić information content (AvgIpc) is 2.53. The number of hydrogen-bond donors (Lipinski definition) is 0. The van der Waals surface area contributed by atoms with Gasteiger partial charge in [-0.1, -0.05) is 49.6 Å². The van der Waals surface area contributed by atoms with Crippen LogP contribution in [0.4, 0.5) is 0 Å². The smallest absolute Gasteiger partial charge is 0.324 e. The lowest BCUT2D eigenvalue weighted by atomic mass is 9.69. The molecule has 0 spiro atoms. The van der Waals surface area contributed by atoms with Gasteiger partial charge in [0.2, 0.25) is 0 Å². The van der Waals surface area contributed by atoms with Gasteiger partial charge in [0.1, 0.15) is 0 Å². The first-order valence-electron chi connectivity index (χ1n) is 8.88. The summed E-state index contributed by atoms with van der Waals surface area (Å²) in [7, 11) is -1.55. The number of carbonyl (C=O) groups excluding carboxylic acids is 2. The van der Waals surface area contributed by atoms with Crippen LogP contribution in [0.25, 0.3) is 5.57 Å². The van der Waals surface area contributed by atoms with Crippen molar-refractivity contribution in [1.82, 2.24) is 0 Å². The predicted octanol–water partition coefficient (Wildman–Crippen LogP) is 4.01. The standard InChI is InChI=1S/C20H28O4Si/c1-6-23-18(21)20(19(22)24-7-2)12-15-10-8-9-11-17(15)16(13-20)14-25(3,4)5/h8-11,14H,6-7,12-13H2,1-5H3/b16-14-. The first kappa shape index (κ1) is 19.4. The van der Waals surface area contributed by atoms with E-state index in [1.54, 1.807) is 13.8 Å². The van der Waals surface area contributed by atoms with E-state index in [1.165, 1.54) is 0 Å². The van der Waals surface area contributed by atoms with Crippen LogP contribution in [-0.4, -0.2) is 33.2 Å². The Morgan fingerprint density at radius 3 is 2.12 bits per heavy atom. The molecule has 1 aliphatic carbocycles. The van der Waals surface area contributed by atoms with Crippen molar-refractivity contribution in [2.24, 2.45) is 5.41 Å². The molecule has 0 N–H and O–H groups in total. The molecule has 5 heteroatoms. The number of allylic oxidation sites excluding steroid dienone is 1. The van der Waals surface area contributed by atoms with E-state index in [9.17, 15) is 9.59 Å². The minimum absolute atomic E-state index is 0.245. The third-order valence-electron chi connectivity index (χ3n) is 4.29. The number of fused-ring (bicyclic) bond motifs is 1. The highest BCUT2D eigenvalue weighted by Gasteiger charge is 2.52. The van der Waals surface area contributed by atoms with Gasteiger partial charge in [0.25, 0.3) is 0 Å². The van der Waals surface area contributed by atoms with Crippen molar-refractivity contribution < 1.29 is 19.1 Å². The van der Waals surface area contributed by atoms with Crippen LogP contribution in [0.15, 0.2) is 30.0 Å². The molecule has 0 saturated heterocycles. The number of rotatable bonds is 5. The third-order valence-corrected chi connectivity index (χ3v) is 5.50. The van der Waals surface area contributed by atoms with Crippen LogP contribution >= 0.6 is 0 Å². The summed E-state index contributed by atoms with van der Waals surface area (Å²) in [4.78, 5) is 25.6. The molecule has 2 rings (SSSR count). The fourth-order valence-corrected chi connectivity index (χ4v) is 4.66. The van der Waals surface area contributed by atoms with Crippen LogP contribution in [0, 0.1) is 5.41 Å². The van der Waals surface area contributed by atoms with Crippen LogP contribution in [0.5, 0.6) is 0 Å². The van der Waals surface area contributed by atoms with Crippen molar-refractivity contribution >= 4 is 25.6 Å². The molecule has 0 amide bonds. The molecule has 0 aliphatic heterocycles. The molecule has 0 atom stereocenters. The van der Waals surface area contributed by atoms with Gasteiger partial charge in [-0.15, -0.1) is 0 Å². The summed E-state index contributed by atoms with van der Waals surface area (Å²) in [5.74, 6) is -0.964. The fraction of sp³-hybridized carbons (Fsp3) is 0.500. The molecule has 1 aromatic carbocycles. The van der Waals surface area contributed by atoms with Crippen LogP contribution in [0.1, 0.15) is 31.4 Å². The molecule has 0 aromatic heterocycles. The van der Waals surface area contributed by atoms with Gasteiger partial charge >= 0.3 is 11.9 Å². The highest BCUT2D eigenvalue weighted by atomic mass is 28.3. The minimum Gasteiger partial charge on any atom is -0.465 e. The maximum atomic E-state index is 12.8. The summed E-state index contributed by atoms with van der Waals surface area (Å²) in [5, 5.41) is 0. The maximum Gasteiger partial charge on any atom is 0.324 e. The molecular formula is C20H28O4Si. The maximum absolute atomic E-state index is 12.8. The number of ether oxygens (including phenoxy) is 2. The molecular weight excluding hydrogens is 332 g/mol. The molecule has 1 aromatic rings. The van der Waals surface area contributed by atoms with Crippen LogP contribution in [-0.2, 0) is 25.5 Å². The lowest BCUT2D eigenvalue weighted by Crippen LogP contribution is -2.46. The second-order valence-electron chi connectivity index (χ2n) is 7.57. The molecule has 0 saturated carbocycles. The van der Waals surface area contributed by atoms with Crippen molar-refractivity contribution in [3.05, 3.63) is 41.1 Å². The fourth-order valence-electron chi connectivity index (χ4n) is 3.36. The van der Waals surface area contributed by atoms with Gasteiger partial charge in [0.05, 0.1) is 21.3 Å². The summed E-state index contributed by atoms with van der Waals surface area (Å²) in [6, 6.07) is 8.00. The SMILES string of the molecule is CCOC(=O)C1(C(=O)OCC)C/C(=C/[Si](C)(C)C)c2ccccc2C1. The normalized spacial score (nSPS) is 17.7. The Morgan fingerprint density at radius 2 is 1.60 bits per heavy atom. The summed E-state index contributed by atoms with van der Waals surface area (Å²) < 4.78 is 10.6. The lowest BCUT2D eigenvalue weighted by molar-refractivity contribution is -0.172. The topological polar surface area (TPSA) is 52.6 Å². The second-order valence-corrected chi connectivity index (χ2v) is 12.6. The summed E-state index contributed by atoms with van der Waals surface area (Å²) in [6.07, 6.45) is 0.663.